The molecule has 1 fully saturated rings. The molecule has 0 bridgehead atoms. The highest BCUT2D eigenvalue weighted by atomic mass is 79.9. The first-order valence-electron chi connectivity index (χ1n) is 6.35. The Labute approximate surface area is 121 Å². The Kier molecular flexibility index (Phi) is 5.24. The number of thiophene rings is 1. The van der Waals surface area contributed by atoms with E-state index in [-0.39, 0.29) is 6.04 Å². The van der Waals surface area contributed by atoms with Crippen molar-refractivity contribution in [1.82, 2.24) is 4.72 Å². The third-order valence-electron chi connectivity index (χ3n) is 3.24. The van der Waals surface area contributed by atoms with Crippen LogP contribution in [0.2, 0.25) is 0 Å². The van der Waals surface area contributed by atoms with Crippen molar-refractivity contribution in [1.29, 1.82) is 0 Å². The molecule has 0 aliphatic heterocycles. The fraction of sp³-hybridized carbons (Fsp3) is 0.667. The highest BCUT2D eigenvalue weighted by molar-refractivity contribution is 9.11. The van der Waals surface area contributed by atoms with Gasteiger partial charge in [-0.1, -0.05) is 32.1 Å². The minimum absolute atomic E-state index is 0.108. The zero-order valence-electron chi connectivity index (χ0n) is 10.2. The zero-order chi connectivity index (χ0) is 13.0. The summed E-state index contributed by atoms with van der Waals surface area (Å²) in [7, 11) is -3.33. The van der Waals surface area contributed by atoms with Gasteiger partial charge in [-0.15, -0.1) is 11.3 Å². The molecule has 0 radical (unpaired) electrons. The maximum atomic E-state index is 12.2. The van der Waals surface area contributed by atoms with Gasteiger partial charge in [-0.3, -0.25) is 0 Å². The van der Waals surface area contributed by atoms with Crippen molar-refractivity contribution in [2.45, 2.75) is 55.2 Å². The molecular formula is C12H18BrNO2S2. The molecule has 3 nitrogen and oxygen atoms in total. The van der Waals surface area contributed by atoms with Crippen molar-refractivity contribution >= 4 is 37.3 Å². The third kappa shape index (κ3) is 4.05. The summed E-state index contributed by atoms with van der Waals surface area (Å²) in [6.45, 7) is 0. The molecule has 102 valence electrons. The zero-order valence-corrected chi connectivity index (χ0v) is 13.4. The Balaban J connectivity index is 2.02. The van der Waals surface area contributed by atoms with Gasteiger partial charge in [0.25, 0.3) is 0 Å². The van der Waals surface area contributed by atoms with Gasteiger partial charge >= 0.3 is 0 Å². The van der Waals surface area contributed by atoms with E-state index in [9.17, 15) is 8.42 Å². The minimum Gasteiger partial charge on any atom is -0.207 e. The van der Waals surface area contributed by atoms with E-state index in [1.807, 2.05) is 0 Å². The van der Waals surface area contributed by atoms with Crippen molar-refractivity contribution in [2.24, 2.45) is 0 Å². The van der Waals surface area contributed by atoms with Crippen LogP contribution in [0.5, 0.6) is 0 Å². The summed E-state index contributed by atoms with van der Waals surface area (Å²) in [4.78, 5) is 0. The maximum Gasteiger partial charge on any atom is 0.250 e. The van der Waals surface area contributed by atoms with E-state index in [0.29, 0.717) is 4.21 Å². The van der Waals surface area contributed by atoms with Gasteiger partial charge in [-0.2, -0.15) is 0 Å². The van der Waals surface area contributed by atoms with Crippen molar-refractivity contribution in [3.05, 3.63) is 15.9 Å². The van der Waals surface area contributed by atoms with Gasteiger partial charge in [-0.05, 0) is 40.9 Å². The molecule has 1 saturated carbocycles. The summed E-state index contributed by atoms with van der Waals surface area (Å²) in [5, 5.41) is 0. The second-order valence-corrected chi connectivity index (χ2v) is 9.13. The second-order valence-electron chi connectivity index (χ2n) is 4.72. The van der Waals surface area contributed by atoms with Crippen LogP contribution in [0, 0.1) is 0 Å². The Hall–Kier alpha value is 0.0900. The largest absolute Gasteiger partial charge is 0.250 e. The molecule has 18 heavy (non-hydrogen) atoms. The smallest absolute Gasteiger partial charge is 0.207 e. The molecule has 2 rings (SSSR count). The first kappa shape index (κ1) is 14.5. The first-order chi connectivity index (χ1) is 8.58. The summed E-state index contributed by atoms with van der Waals surface area (Å²) in [6.07, 6.45) is 7.92. The highest BCUT2D eigenvalue weighted by Crippen LogP contribution is 2.27. The molecule has 1 aromatic rings. The van der Waals surface area contributed by atoms with E-state index in [4.69, 9.17) is 0 Å². The standard InChI is InChI=1S/C12H18BrNO2S2/c13-11-8-9-12(17-11)18(15,16)14-10-6-4-2-1-3-5-7-10/h8-10,14H,1-7H2. The Morgan fingerprint density at radius 1 is 1.11 bits per heavy atom. The molecule has 1 aliphatic carbocycles. The van der Waals surface area contributed by atoms with E-state index in [0.717, 1.165) is 29.5 Å². The normalized spacial score (nSPS) is 19.4. The van der Waals surface area contributed by atoms with Gasteiger partial charge < -0.3 is 0 Å². The molecule has 0 spiro atoms. The first-order valence-corrected chi connectivity index (χ1v) is 9.45. The molecule has 1 N–H and O–H groups in total. The molecule has 0 unspecified atom stereocenters. The van der Waals surface area contributed by atoms with Crippen molar-refractivity contribution in [3.8, 4) is 0 Å². The Bertz CT molecular complexity index is 476. The van der Waals surface area contributed by atoms with E-state index in [1.165, 1.54) is 30.6 Å². The molecule has 1 aliphatic rings. The van der Waals surface area contributed by atoms with Crippen LogP contribution in [0.1, 0.15) is 44.9 Å². The van der Waals surface area contributed by atoms with Crippen LogP contribution >= 0.6 is 27.3 Å². The summed E-state index contributed by atoms with van der Waals surface area (Å²) in [5.74, 6) is 0. The van der Waals surface area contributed by atoms with Gasteiger partial charge in [0, 0.05) is 6.04 Å². The molecule has 0 amide bonds. The van der Waals surface area contributed by atoms with Crippen LogP contribution in [-0.4, -0.2) is 14.5 Å². The van der Waals surface area contributed by atoms with E-state index in [2.05, 4.69) is 20.7 Å². The van der Waals surface area contributed by atoms with Crippen LogP contribution < -0.4 is 4.72 Å². The van der Waals surface area contributed by atoms with Gasteiger partial charge in [0.15, 0.2) is 0 Å². The molecule has 0 saturated heterocycles. The van der Waals surface area contributed by atoms with E-state index >= 15 is 0 Å². The van der Waals surface area contributed by atoms with Gasteiger partial charge in [0.1, 0.15) is 4.21 Å². The molecule has 0 atom stereocenters. The van der Waals surface area contributed by atoms with Crippen molar-refractivity contribution in [2.75, 3.05) is 0 Å². The lowest BCUT2D eigenvalue weighted by molar-refractivity contribution is 0.427. The monoisotopic (exact) mass is 351 g/mol. The Morgan fingerprint density at radius 3 is 2.28 bits per heavy atom. The highest BCUT2D eigenvalue weighted by Gasteiger charge is 2.21. The van der Waals surface area contributed by atoms with Gasteiger partial charge in [-0.25, -0.2) is 13.1 Å². The molecule has 1 heterocycles. The SMILES string of the molecule is O=S(=O)(NC1CCCCCCC1)c1ccc(Br)s1. The average Bonchev–Trinajstić information content (AvgIpc) is 2.69. The summed E-state index contributed by atoms with van der Waals surface area (Å²) in [6, 6.07) is 3.54. The van der Waals surface area contributed by atoms with Crippen molar-refractivity contribution < 1.29 is 8.42 Å². The predicted octanol–water partition coefficient (Wildman–Crippen LogP) is 3.90. The topological polar surface area (TPSA) is 46.2 Å². The molecule has 0 aromatic carbocycles. The fourth-order valence-electron chi connectivity index (χ4n) is 2.29. The fourth-order valence-corrected chi connectivity index (χ4v) is 5.63. The van der Waals surface area contributed by atoms with Crippen LogP contribution in [0.25, 0.3) is 0 Å². The number of rotatable bonds is 3. The van der Waals surface area contributed by atoms with Crippen LogP contribution in [-0.2, 0) is 10.0 Å². The van der Waals surface area contributed by atoms with E-state index < -0.39 is 10.0 Å². The van der Waals surface area contributed by atoms with E-state index in [1.54, 1.807) is 12.1 Å². The summed E-state index contributed by atoms with van der Waals surface area (Å²) in [5.41, 5.74) is 0. The Morgan fingerprint density at radius 2 is 1.72 bits per heavy atom. The molecule has 1 aromatic heterocycles. The lowest BCUT2D eigenvalue weighted by Crippen LogP contribution is -2.34. The van der Waals surface area contributed by atoms with Gasteiger partial charge in [0.2, 0.25) is 10.0 Å². The summed E-state index contributed by atoms with van der Waals surface area (Å²) < 4.78 is 28.5. The summed E-state index contributed by atoms with van der Waals surface area (Å²) >= 11 is 4.56. The van der Waals surface area contributed by atoms with Crippen LogP contribution in [0.15, 0.2) is 20.1 Å². The third-order valence-corrected chi connectivity index (χ3v) is 6.88. The maximum absolute atomic E-state index is 12.2. The molecular weight excluding hydrogens is 334 g/mol. The predicted molar refractivity (Wildman–Crippen MR) is 78.4 cm³/mol. The average molecular weight is 352 g/mol. The van der Waals surface area contributed by atoms with Crippen LogP contribution in [0.3, 0.4) is 0 Å². The number of hydrogen-bond donors (Lipinski definition) is 1. The van der Waals surface area contributed by atoms with Gasteiger partial charge in [0.05, 0.1) is 3.79 Å². The lowest BCUT2D eigenvalue weighted by atomic mass is 9.97. The second kappa shape index (κ2) is 6.50. The number of hydrogen-bond acceptors (Lipinski definition) is 3. The number of sulfonamides is 1. The number of nitrogens with one attached hydrogen (secondary N) is 1. The lowest BCUT2D eigenvalue weighted by Gasteiger charge is -2.20. The van der Waals surface area contributed by atoms with Crippen LogP contribution in [0.4, 0.5) is 0 Å². The van der Waals surface area contributed by atoms with Crippen molar-refractivity contribution in [3.63, 3.8) is 0 Å². The number of halogens is 1. The minimum atomic E-state index is -3.33. The molecule has 6 heteroatoms. The quantitative estimate of drug-likeness (QED) is 0.897.